The summed E-state index contributed by atoms with van der Waals surface area (Å²) in [7, 11) is 0. The van der Waals surface area contributed by atoms with Crippen molar-refractivity contribution in [2.45, 2.75) is 0 Å². The number of rotatable bonds is 6. The average molecular weight is 484 g/mol. The van der Waals surface area contributed by atoms with E-state index in [1.54, 1.807) is 48.5 Å². The van der Waals surface area contributed by atoms with Gasteiger partial charge in [0.2, 0.25) is 0 Å². The van der Waals surface area contributed by atoms with Crippen molar-refractivity contribution in [1.82, 2.24) is 4.90 Å². The van der Waals surface area contributed by atoms with E-state index in [9.17, 15) is 9.59 Å². The first-order valence-electron chi connectivity index (χ1n) is 10.6. The molecule has 1 heterocycles. The zero-order valence-electron chi connectivity index (χ0n) is 17.8. The van der Waals surface area contributed by atoms with Crippen molar-refractivity contribution in [3.05, 3.63) is 88.4 Å². The first-order chi connectivity index (χ1) is 16.0. The quantitative estimate of drug-likeness (QED) is 0.537. The molecule has 1 aliphatic rings. The number of benzene rings is 3. The van der Waals surface area contributed by atoms with E-state index in [4.69, 9.17) is 27.9 Å². The van der Waals surface area contributed by atoms with Crippen LogP contribution >= 0.6 is 23.2 Å². The Balaban J connectivity index is 1.34. The Labute approximate surface area is 202 Å². The minimum absolute atomic E-state index is 0.00717. The molecule has 0 atom stereocenters. The molecule has 0 bridgehead atoms. The van der Waals surface area contributed by atoms with Crippen LogP contribution in [-0.2, 0) is 4.79 Å². The predicted octanol–water partition coefficient (Wildman–Crippen LogP) is 4.97. The Hall–Kier alpha value is -3.22. The second-order valence-electron chi connectivity index (χ2n) is 7.59. The zero-order chi connectivity index (χ0) is 23.2. The van der Waals surface area contributed by atoms with Gasteiger partial charge in [-0.05, 0) is 60.7 Å². The summed E-state index contributed by atoms with van der Waals surface area (Å²) in [5, 5.41) is 4.14. The highest BCUT2D eigenvalue weighted by molar-refractivity contribution is 6.30. The molecule has 0 unspecified atom stereocenters. The van der Waals surface area contributed by atoms with Crippen molar-refractivity contribution in [2.75, 3.05) is 43.0 Å². The topological polar surface area (TPSA) is 61.9 Å². The van der Waals surface area contributed by atoms with Crippen molar-refractivity contribution in [1.29, 1.82) is 0 Å². The van der Waals surface area contributed by atoms with Crippen LogP contribution in [0.5, 0.6) is 5.75 Å². The number of hydrogen-bond acceptors (Lipinski definition) is 4. The summed E-state index contributed by atoms with van der Waals surface area (Å²) in [6.45, 7) is 2.38. The highest BCUT2D eigenvalue weighted by Crippen LogP contribution is 2.27. The van der Waals surface area contributed by atoms with E-state index in [1.807, 2.05) is 29.2 Å². The normalized spacial score (nSPS) is 13.5. The Kier molecular flexibility index (Phi) is 7.37. The van der Waals surface area contributed by atoms with Crippen molar-refractivity contribution >= 4 is 46.4 Å². The SMILES string of the molecule is O=C(COc1ccc(Cl)cc1)Nc1ccccc1N1CCN(C(=O)c2ccc(Cl)cc2)CC1. The number of carbonyl (C=O) groups is 2. The van der Waals surface area contributed by atoms with Gasteiger partial charge in [0, 0.05) is 41.8 Å². The minimum Gasteiger partial charge on any atom is -0.484 e. The molecule has 170 valence electrons. The maximum atomic E-state index is 12.8. The third-order valence-electron chi connectivity index (χ3n) is 5.36. The van der Waals surface area contributed by atoms with E-state index >= 15 is 0 Å². The van der Waals surface area contributed by atoms with Gasteiger partial charge in [0.25, 0.3) is 11.8 Å². The standard InChI is InChI=1S/C25H23Cl2N3O3/c26-19-7-5-18(6-8-19)25(32)30-15-13-29(14-16-30)23-4-2-1-3-22(23)28-24(31)17-33-21-11-9-20(27)10-12-21/h1-12H,13-17H2,(H,28,31). The monoisotopic (exact) mass is 483 g/mol. The first-order valence-corrected chi connectivity index (χ1v) is 11.3. The van der Waals surface area contributed by atoms with Gasteiger partial charge in [0.05, 0.1) is 11.4 Å². The predicted molar refractivity (Wildman–Crippen MR) is 132 cm³/mol. The molecule has 3 aromatic carbocycles. The van der Waals surface area contributed by atoms with Gasteiger partial charge in [-0.1, -0.05) is 35.3 Å². The summed E-state index contributed by atoms with van der Waals surface area (Å²) in [4.78, 5) is 29.2. The van der Waals surface area contributed by atoms with Crippen LogP contribution in [0.1, 0.15) is 10.4 Å². The largest absolute Gasteiger partial charge is 0.484 e. The molecule has 4 rings (SSSR count). The van der Waals surface area contributed by atoms with Crippen molar-refractivity contribution in [3.63, 3.8) is 0 Å². The maximum Gasteiger partial charge on any atom is 0.262 e. The fourth-order valence-electron chi connectivity index (χ4n) is 3.65. The molecule has 33 heavy (non-hydrogen) atoms. The van der Waals surface area contributed by atoms with Crippen molar-refractivity contribution < 1.29 is 14.3 Å². The first kappa shape index (κ1) is 23.0. The van der Waals surface area contributed by atoms with Gasteiger partial charge in [-0.3, -0.25) is 9.59 Å². The molecule has 0 aliphatic carbocycles. The Bertz CT molecular complexity index is 1110. The Morgan fingerprint density at radius 2 is 1.42 bits per heavy atom. The highest BCUT2D eigenvalue weighted by atomic mass is 35.5. The van der Waals surface area contributed by atoms with E-state index in [0.29, 0.717) is 53.2 Å². The van der Waals surface area contributed by atoms with Gasteiger partial charge in [0.15, 0.2) is 6.61 Å². The molecule has 0 radical (unpaired) electrons. The van der Waals surface area contributed by atoms with Gasteiger partial charge < -0.3 is 19.9 Å². The van der Waals surface area contributed by atoms with Gasteiger partial charge >= 0.3 is 0 Å². The average Bonchev–Trinajstić information content (AvgIpc) is 2.84. The van der Waals surface area contributed by atoms with Crippen molar-refractivity contribution in [2.24, 2.45) is 0 Å². The number of halogens is 2. The van der Waals surface area contributed by atoms with Crippen LogP contribution in [0.4, 0.5) is 11.4 Å². The number of nitrogens with one attached hydrogen (secondary N) is 1. The van der Waals surface area contributed by atoms with Gasteiger partial charge in [-0.2, -0.15) is 0 Å². The molecule has 0 spiro atoms. The lowest BCUT2D eigenvalue weighted by Crippen LogP contribution is -2.49. The van der Waals surface area contributed by atoms with E-state index < -0.39 is 0 Å². The van der Waals surface area contributed by atoms with Crippen LogP contribution < -0.4 is 15.0 Å². The number of ether oxygens (including phenoxy) is 1. The number of amides is 2. The summed E-state index contributed by atoms with van der Waals surface area (Å²) < 4.78 is 5.53. The molecule has 1 aliphatic heterocycles. The van der Waals surface area contributed by atoms with Gasteiger partial charge in [-0.25, -0.2) is 0 Å². The van der Waals surface area contributed by atoms with Crippen molar-refractivity contribution in [3.8, 4) is 5.75 Å². The molecular formula is C25H23Cl2N3O3. The summed E-state index contributed by atoms with van der Waals surface area (Å²) in [5.74, 6) is 0.311. The number of anilines is 2. The number of nitrogens with zero attached hydrogens (tertiary/aromatic N) is 2. The number of piperazine rings is 1. The lowest BCUT2D eigenvalue weighted by molar-refractivity contribution is -0.118. The van der Waals surface area contributed by atoms with E-state index in [-0.39, 0.29) is 18.4 Å². The second-order valence-corrected chi connectivity index (χ2v) is 8.47. The maximum absolute atomic E-state index is 12.8. The molecule has 3 aromatic rings. The fraction of sp³-hybridized carbons (Fsp3) is 0.200. The molecular weight excluding hydrogens is 461 g/mol. The molecule has 2 amide bonds. The van der Waals surface area contributed by atoms with Crippen LogP contribution in [0.15, 0.2) is 72.8 Å². The molecule has 6 nitrogen and oxygen atoms in total. The number of carbonyl (C=O) groups excluding carboxylic acids is 2. The lowest BCUT2D eigenvalue weighted by atomic mass is 10.1. The second kappa shape index (κ2) is 10.6. The summed E-state index contributed by atoms with van der Waals surface area (Å²) in [6, 6.07) is 21.4. The minimum atomic E-state index is -0.256. The zero-order valence-corrected chi connectivity index (χ0v) is 19.4. The summed E-state index contributed by atoms with van der Waals surface area (Å²) in [6.07, 6.45) is 0. The Morgan fingerprint density at radius 1 is 0.818 bits per heavy atom. The highest BCUT2D eigenvalue weighted by Gasteiger charge is 2.23. The van der Waals surface area contributed by atoms with Crippen LogP contribution in [0.25, 0.3) is 0 Å². The van der Waals surface area contributed by atoms with E-state index in [0.717, 1.165) is 5.69 Å². The third kappa shape index (κ3) is 5.97. The smallest absolute Gasteiger partial charge is 0.262 e. The van der Waals surface area contributed by atoms with E-state index in [2.05, 4.69) is 10.2 Å². The molecule has 1 fully saturated rings. The molecule has 0 aromatic heterocycles. The molecule has 1 N–H and O–H groups in total. The van der Waals surface area contributed by atoms with Crippen LogP contribution in [0.2, 0.25) is 10.0 Å². The lowest BCUT2D eigenvalue weighted by Gasteiger charge is -2.37. The van der Waals surface area contributed by atoms with Gasteiger partial charge in [0.1, 0.15) is 5.75 Å². The summed E-state index contributed by atoms with van der Waals surface area (Å²) in [5.41, 5.74) is 2.25. The molecule has 0 saturated carbocycles. The number of hydrogen-bond donors (Lipinski definition) is 1. The molecule has 1 saturated heterocycles. The molecule has 8 heteroatoms. The summed E-state index contributed by atoms with van der Waals surface area (Å²) >= 11 is 11.8. The third-order valence-corrected chi connectivity index (χ3v) is 5.86. The van der Waals surface area contributed by atoms with Gasteiger partial charge in [-0.15, -0.1) is 0 Å². The van der Waals surface area contributed by atoms with Crippen LogP contribution in [-0.4, -0.2) is 49.5 Å². The van der Waals surface area contributed by atoms with E-state index in [1.165, 1.54) is 0 Å². The Morgan fingerprint density at radius 3 is 2.09 bits per heavy atom. The van der Waals surface area contributed by atoms with Crippen LogP contribution in [0, 0.1) is 0 Å². The van der Waals surface area contributed by atoms with Crippen LogP contribution in [0.3, 0.4) is 0 Å². The number of para-hydroxylation sites is 2. The fourth-order valence-corrected chi connectivity index (χ4v) is 3.90.